The molecular weight excluding hydrogens is 727 g/mol. The zero-order valence-corrected chi connectivity index (χ0v) is 32.6. The van der Waals surface area contributed by atoms with Crippen molar-refractivity contribution in [2.75, 3.05) is 25.1 Å². The highest BCUT2D eigenvalue weighted by Crippen LogP contribution is 2.34. The minimum Gasteiger partial charge on any atom is -0.467 e. The molecule has 0 aliphatic carbocycles. The number of para-hydroxylation sites is 2. The van der Waals surface area contributed by atoms with E-state index >= 15 is 0 Å². The summed E-state index contributed by atoms with van der Waals surface area (Å²) in [7, 11) is 1.28. The van der Waals surface area contributed by atoms with Crippen molar-refractivity contribution in [1.82, 2.24) is 30.5 Å². The minimum atomic E-state index is -1.00. The Balaban J connectivity index is 1.11. The van der Waals surface area contributed by atoms with Gasteiger partial charge in [0.2, 0.25) is 11.8 Å². The van der Waals surface area contributed by atoms with Crippen molar-refractivity contribution in [3.8, 4) is 0 Å². The number of anilines is 1. The van der Waals surface area contributed by atoms with Gasteiger partial charge in [-0.1, -0.05) is 36.4 Å². The topological polar surface area (TPSA) is 179 Å². The molecule has 5 heterocycles. The second-order valence-electron chi connectivity index (χ2n) is 15.8. The number of methoxy groups -OCH3 is 1. The van der Waals surface area contributed by atoms with Gasteiger partial charge in [-0.25, -0.2) is 9.59 Å². The number of benzene rings is 2. The second kappa shape index (κ2) is 16.5. The van der Waals surface area contributed by atoms with Gasteiger partial charge in [0.05, 0.1) is 13.2 Å². The first-order valence-corrected chi connectivity index (χ1v) is 19.4. The summed E-state index contributed by atoms with van der Waals surface area (Å²) in [5.41, 5.74) is 3.42. The fourth-order valence-electron chi connectivity index (χ4n) is 8.20. The number of hydrogen-bond donors (Lipinski definition) is 4. The molecule has 0 radical (unpaired) electrons. The lowest BCUT2D eigenvalue weighted by Crippen LogP contribution is -2.54. The number of fused-ring (bicyclic) bond motifs is 2. The molecule has 14 heteroatoms. The summed E-state index contributed by atoms with van der Waals surface area (Å²) in [4.78, 5) is 83.5. The number of ketones is 1. The van der Waals surface area contributed by atoms with Crippen LogP contribution in [-0.4, -0.2) is 99.5 Å². The first kappa shape index (κ1) is 39.1. The monoisotopic (exact) mass is 775 g/mol. The molecule has 57 heavy (non-hydrogen) atoms. The van der Waals surface area contributed by atoms with E-state index in [1.165, 1.54) is 7.11 Å². The smallest absolute Gasteiger partial charge is 0.408 e. The minimum absolute atomic E-state index is 0.151. The molecule has 2 aliphatic rings. The van der Waals surface area contributed by atoms with Crippen LogP contribution in [0.1, 0.15) is 51.2 Å². The third-order valence-corrected chi connectivity index (χ3v) is 10.9. The van der Waals surface area contributed by atoms with E-state index in [1.54, 1.807) is 50.2 Å². The van der Waals surface area contributed by atoms with Crippen LogP contribution < -0.4 is 15.5 Å². The van der Waals surface area contributed by atoms with Crippen molar-refractivity contribution in [2.45, 2.75) is 82.6 Å². The number of ether oxygens (including phenoxy) is 2. The number of amides is 3. The lowest BCUT2D eigenvalue weighted by Gasteiger charge is -2.30. The molecule has 3 aromatic heterocycles. The number of alkyl carbamates (subject to hydrolysis) is 1. The summed E-state index contributed by atoms with van der Waals surface area (Å²) >= 11 is 0. The fourth-order valence-corrected chi connectivity index (χ4v) is 8.20. The molecule has 298 valence electrons. The molecule has 0 spiro atoms. The molecule has 5 aromatic rings. The fraction of sp³-hybridized carbons (Fsp3) is 0.395. The molecule has 7 rings (SSSR count). The van der Waals surface area contributed by atoms with Gasteiger partial charge in [0.15, 0.2) is 5.78 Å². The molecule has 2 saturated heterocycles. The third-order valence-electron chi connectivity index (χ3n) is 10.9. The number of H-pyrrole nitrogens is 2. The number of nitrogens with one attached hydrogen (secondary N) is 4. The van der Waals surface area contributed by atoms with Crippen molar-refractivity contribution in [3.63, 3.8) is 0 Å². The molecule has 4 N–H and O–H groups in total. The Morgan fingerprint density at radius 1 is 0.842 bits per heavy atom. The van der Waals surface area contributed by atoms with Gasteiger partial charge in [-0.15, -0.1) is 0 Å². The number of hydrogen-bond acceptors (Lipinski definition) is 9. The Morgan fingerprint density at radius 2 is 1.46 bits per heavy atom. The lowest BCUT2D eigenvalue weighted by molar-refractivity contribution is -0.145. The summed E-state index contributed by atoms with van der Waals surface area (Å²) in [6.45, 7) is 5.82. The van der Waals surface area contributed by atoms with Crippen molar-refractivity contribution in [1.29, 1.82) is 0 Å². The van der Waals surface area contributed by atoms with Crippen LogP contribution >= 0.6 is 0 Å². The molecule has 14 nitrogen and oxygen atoms in total. The maximum absolute atomic E-state index is 14.6. The van der Waals surface area contributed by atoms with Crippen LogP contribution in [-0.2, 0) is 41.5 Å². The van der Waals surface area contributed by atoms with Crippen LogP contribution in [0, 0.1) is 5.92 Å². The SMILES string of the molecule is COC(=O)[C@H](Cc1c[nH]c2ccccc12)NC(=O)[C@@H]1C[C@@H](C(=O)[C@@H]2CCCN2C(=O)[C@@H](Cc2c[nH]c3ccccc23)NC(=O)OC(C)(C)C)CN1c1ccncc1. The van der Waals surface area contributed by atoms with E-state index in [0.29, 0.717) is 25.1 Å². The zero-order chi connectivity index (χ0) is 40.3. The van der Waals surface area contributed by atoms with E-state index < -0.39 is 53.7 Å². The Morgan fingerprint density at radius 3 is 2.07 bits per heavy atom. The predicted octanol–water partition coefficient (Wildman–Crippen LogP) is 4.84. The summed E-state index contributed by atoms with van der Waals surface area (Å²) < 4.78 is 10.7. The van der Waals surface area contributed by atoms with Gasteiger partial charge < -0.3 is 39.9 Å². The largest absolute Gasteiger partial charge is 0.467 e. The Labute approximate surface area is 330 Å². The van der Waals surface area contributed by atoms with E-state index in [9.17, 15) is 24.0 Å². The molecule has 5 atom stereocenters. The number of esters is 1. The molecule has 2 aromatic carbocycles. The summed E-state index contributed by atoms with van der Waals surface area (Å²) in [5.74, 6) is -2.14. The van der Waals surface area contributed by atoms with Crippen molar-refractivity contribution in [3.05, 3.63) is 96.6 Å². The predicted molar refractivity (Wildman–Crippen MR) is 214 cm³/mol. The molecule has 2 fully saturated rings. The van der Waals surface area contributed by atoms with Crippen molar-refractivity contribution < 1.29 is 33.4 Å². The van der Waals surface area contributed by atoms with Crippen molar-refractivity contribution in [2.24, 2.45) is 5.92 Å². The number of aromatic amines is 2. The zero-order valence-electron chi connectivity index (χ0n) is 32.6. The summed E-state index contributed by atoms with van der Waals surface area (Å²) in [5, 5.41) is 7.61. The van der Waals surface area contributed by atoms with E-state index in [2.05, 4.69) is 25.6 Å². The van der Waals surface area contributed by atoms with Crippen LogP contribution in [0.4, 0.5) is 10.5 Å². The number of pyridine rings is 1. The van der Waals surface area contributed by atoms with Crippen molar-refractivity contribution >= 4 is 57.2 Å². The van der Waals surface area contributed by atoms with Gasteiger partial charge in [-0.2, -0.15) is 0 Å². The van der Waals surface area contributed by atoms with Gasteiger partial charge in [0, 0.05) is 84.1 Å². The van der Waals surface area contributed by atoms with Gasteiger partial charge >= 0.3 is 12.1 Å². The third kappa shape index (κ3) is 8.64. The normalized spacial score (nSPS) is 19.3. The number of carbonyl (C=O) groups is 5. The Kier molecular flexibility index (Phi) is 11.3. The molecule has 3 amide bonds. The molecule has 0 bridgehead atoms. The number of rotatable bonds is 12. The number of carbonyl (C=O) groups excluding carboxylic acids is 5. The van der Waals surface area contributed by atoms with Crippen LogP contribution in [0.2, 0.25) is 0 Å². The summed E-state index contributed by atoms with van der Waals surface area (Å²) in [6, 6.07) is 15.5. The number of nitrogens with zero attached hydrogens (tertiary/aromatic N) is 3. The molecule has 2 aliphatic heterocycles. The first-order valence-electron chi connectivity index (χ1n) is 19.4. The van der Waals surface area contributed by atoms with Gasteiger partial charge in [0.1, 0.15) is 23.7 Å². The van der Waals surface area contributed by atoms with Gasteiger partial charge in [-0.3, -0.25) is 19.4 Å². The van der Waals surface area contributed by atoms with Crippen LogP contribution in [0.5, 0.6) is 0 Å². The number of aromatic nitrogens is 3. The van der Waals surface area contributed by atoms with Crippen LogP contribution in [0.15, 0.2) is 85.5 Å². The van der Waals surface area contributed by atoms with E-state index in [1.807, 2.05) is 65.8 Å². The lowest BCUT2D eigenvalue weighted by atomic mass is 9.93. The molecule has 0 unspecified atom stereocenters. The average molecular weight is 776 g/mol. The van der Waals surface area contributed by atoms with Crippen LogP contribution in [0.25, 0.3) is 21.8 Å². The second-order valence-corrected chi connectivity index (χ2v) is 15.8. The van der Waals surface area contributed by atoms with Crippen LogP contribution in [0.3, 0.4) is 0 Å². The quantitative estimate of drug-likeness (QED) is 0.129. The Bertz CT molecular complexity index is 2260. The highest BCUT2D eigenvalue weighted by Gasteiger charge is 2.46. The van der Waals surface area contributed by atoms with E-state index in [-0.39, 0.29) is 37.5 Å². The number of Topliss-reactive ketones (excluding diaryl/α,β-unsaturated/α-hetero) is 1. The first-order chi connectivity index (χ1) is 27.4. The average Bonchev–Trinajstić information content (AvgIpc) is 4.03. The van der Waals surface area contributed by atoms with E-state index in [0.717, 1.165) is 32.9 Å². The van der Waals surface area contributed by atoms with Gasteiger partial charge in [-0.05, 0) is 75.4 Å². The summed E-state index contributed by atoms with van der Waals surface area (Å²) in [6.07, 6.45) is 7.77. The van der Waals surface area contributed by atoms with E-state index in [4.69, 9.17) is 9.47 Å². The Hall–Kier alpha value is -6.18. The highest BCUT2D eigenvalue weighted by molar-refractivity contribution is 5.97. The molecular formula is C43H49N7O7. The number of likely N-dealkylation sites (tertiary alicyclic amines) is 1. The maximum Gasteiger partial charge on any atom is 0.408 e. The maximum atomic E-state index is 14.6. The highest BCUT2D eigenvalue weighted by atomic mass is 16.6. The standard InChI is InChI=1S/C43H49N7O7/c1-43(2,3)57-42(55)48-34(20-26-23-45-32-12-7-5-10-30(26)32)40(53)49-19-9-14-36(49)38(51)28-22-37(50(25-28)29-15-17-44-18-16-29)39(52)47-35(41(54)56-4)21-27-24-46-33-13-8-6-11-31(27)33/h5-8,10-13,15-18,23-24,28,34-37,45-46H,9,14,19-22,25H2,1-4H3,(H,47,52)(H,48,55)/t28-,34-,35+,36+,37+/m1/s1. The molecule has 0 saturated carbocycles. The van der Waals surface area contributed by atoms with Gasteiger partial charge in [0.25, 0.3) is 0 Å².